The number of para-hydroxylation sites is 2. The fourth-order valence-electron chi connectivity index (χ4n) is 10.7. The second kappa shape index (κ2) is 12.1. The van der Waals surface area contributed by atoms with Crippen molar-refractivity contribution in [2.75, 3.05) is 9.80 Å². The monoisotopic (exact) mass is 724 g/mol. The summed E-state index contributed by atoms with van der Waals surface area (Å²) in [6.45, 7) is 12.0. The van der Waals surface area contributed by atoms with Gasteiger partial charge in [-0.15, -0.1) is 0 Å². The zero-order valence-electron chi connectivity index (χ0n) is 33.2. The summed E-state index contributed by atoms with van der Waals surface area (Å²) in [5.74, 6) is 0. The first-order valence-corrected chi connectivity index (χ1v) is 20.6. The van der Waals surface area contributed by atoms with Gasteiger partial charge in [-0.2, -0.15) is 0 Å². The van der Waals surface area contributed by atoms with E-state index in [1.165, 1.54) is 99.6 Å². The Hall–Kier alpha value is -5.86. The van der Waals surface area contributed by atoms with Crippen LogP contribution in [0.4, 0.5) is 22.7 Å². The Bertz CT molecular complexity index is 2910. The summed E-state index contributed by atoms with van der Waals surface area (Å²) < 4.78 is 0. The molecule has 8 aromatic rings. The number of fused-ring (bicyclic) bond motifs is 5. The van der Waals surface area contributed by atoms with Crippen LogP contribution in [0.1, 0.15) is 80.8 Å². The van der Waals surface area contributed by atoms with Crippen molar-refractivity contribution in [1.29, 1.82) is 0 Å². The van der Waals surface area contributed by atoms with Crippen molar-refractivity contribution in [1.82, 2.24) is 0 Å². The van der Waals surface area contributed by atoms with Crippen molar-refractivity contribution in [3.8, 4) is 11.1 Å². The molecule has 2 nitrogen and oxygen atoms in total. The molecule has 0 saturated heterocycles. The number of benzene rings is 8. The van der Waals surface area contributed by atoms with E-state index in [2.05, 4.69) is 190 Å². The van der Waals surface area contributed by atoms with E-state index in [4.69, 9.17) is 0 Å². The maximum atomic E-state index is 2.59. The van der Waals surface area contributed by atoms with Gasteiger partial charge in [0.2, 0.25) is 0 Å². The van der Waals surface area contributed by atoms with Gasteiger partial charge in [-0.05, 0) is 148 Å². The third-order valence-electron chi connectivity index (χ3n) is 13.7. The molecule has 2 heterocycles. The smallest absolute Gasteiger partial charge is 0.0493 e. The molecule has 11 rings (SSSR count). The van der Waals surface area contributed by atoms with Crippen LogP contribution in [0, 0.1) is 0 Å². The standard InChI is InChI=1S/C54H48N2/c1-34-14-17-37-10-6-8-12-48(37)55(34)50-29-23-40-21-26-42-36(19-20-39-22-27-45(50)52(40)51(39)42)18-15-35-16-25-43-44-28-24-41(33-47(44)54(4,5)46(43)32-35)56-49-13-9-7-11-38(49)30-31-53(56,2)3/h6-13,15-16,18-29,32-34H,14,17,30-31H2,1-5H3/b18-15+. The van der Waals surface area contributed by atoms with E-state index < -0.39 is 0 Å². The normalized spacial score (nSPS) is 18.1. The Morgan fingerprint density at radius 3 is 2.02 bits per heavy atom. The van der Waals surface area contributed by atoms with E-state index in [-0.39, 0.29) is 11.0 Å². The molecular weight excluding hydrogens is 677 g/mol. The molecule has 0 radical (unpaired) electrons. The highest BCUT2D eigenvalue weighted by atomic mass is 15.2. The predicted octanol–water partition coefficient (Wildman–Crippen LogP) is 14.4. The van der Waals surface area contributed by atoms with Crippen LogP contribution in [0.5, 0.6) is 0 Å². The maximum Gasteiger partial charge on any atom is 0.0493 e. The minimum atomic E-state index is -0.110. The first-order chi connectivity index (χ1) is 27.2. The molecular formula is C54H48N2. The van der Waals surface area contributed by atoms with Crippen LogP contribution in [-0.4, -0.2) is 11.6 Å². The third-order valence-corrected chi connectivity index (χ3v) is 13.7. The number of anilines is 4. The third kappa shape index (κ3) is 4.87. The average Bonchev–Trinajstić information content (AvgIpc) is 3.43. The van der Waals surface area contributed by atoms with E-state index in [1.54, 1.807) is 0 Å². The Balaban J connectivity index is 0.962. The van der Waals surface area contributed by atoms with E-state index in [0.717, 1.165) is 25.7 Å². The summed E-state index contributed by atoms with van der Waals surface area (Å²) in [5.41, 5.74) is 16.2. The van der Waals surface area contributed by atoms with Crippen LogP contribution in [0.3, 0.4) is 0 Å². The summed E-state index contributed by atoms with van der Waals surface area (Å²) in [6.07, 6.45) is 9.22. The van der Waals surface area contributed by atoms with Crippen LogP contribution in [0.25, 0.3) is 55.6 Å². The van der Waals surface area contributed by atoms with Crippen LogP contribution in [-0.2, 0) is 18.3 Å². The zero-order chi connectivity index (χ0) is 37.9. The lowest BCUT2D eigenvalue weighted by Crippen LogP contribution is -2.44. The summed E-state index contributed by atoms with van der Waals surface area (Å²) in [4.78, 5) is 5.18. The van der Waals surface area contributed by atoms with Gasteiger partial charge < -0.3 is 9.80 Å². The molecule has 0 aromatic heterocycles. The van der Waals surface area contributed by atoms with Gasteiger partial charge in [0, 0.05) is 45.1 Å². The SMILES string of the molecule is CC1CCc2ccccc2N1c1ccc2ccc3c(/C=C/c4ccc5c(c4)C(C)(C)c4cc(N6c7ccccc7CCC6(C)C)ccc4-5)ccc4ccc1c2c43. The highest BCUT2D eigenvalue weighted by molar-refractivity contribution is 6.26. The van der Waals surface area contributed by atoms with Gasteiger partial charge in [0.05, 0.1) is 0 Å². The van der Waals surface area contributed by atoms with E-state index in [0.29, 0.717) is 6.04 Å². The number of hydrogen-bond donors (Lipinski definition) is 0. The molecule has 3 aliphatic rings. The predicted molar refractivity (Wildman–Crippen MR) is 240 cm³/mol. The number of rotatable bonds is 4. The van der Waals surface area contributed by atoms with Gasteiger partial charge >= 0.3 is 0 Å². The lowest BCUT2D eigenvalue weighted by Gasteiger charge is -2.45. The summed E-state index contributed by atoms with van der Waals surface area (Å²) in [5, 5.41) is 7.98. The molecule has 8 aromatic carbocycles. The second-order valence-corrected chi connectivity index (χ2v) is 17.8. The molecule has 2 heteroatoms. The Morgan fingerprint density at radius 2 is 1.21 bits per heavy atom. The first-order valence-electron chi connectivity index (χ1n) is 20.6. The number of aryl methyl sites for hydroxylation is 2. The number of hydrogen-bond acceptors (Lipinski definition) is 2. The molecule has 56 heavy (non-hydrogen) atoms. The van der Waals surface area contributed by atoms with Crippen molar-refractivity contribution in [2.45, 2.75) is 77.3 Å². The summed E-state index contributed by atoms with van der Waals surface area (Å²) in [6, 6.07) is 51.3. The molecule has 0 fully saturated rings. The largest absolute Gasteiger partial charge is 0.338 e. The molecule has 1 atom stereocenters. The Labute approximate surface area is 331 Å². The summed E-state index contributed by atoms with van der Waals surface area (Å²) >= 11 is 0. The Morgan fingerprint density at radius 1 is 0.571 bits per heavy atom. The molecule has 2 aliphatic heterocycles. The zero-order valence-corrected chi connectivity index (χ0v) is 33.2. The minimum Gasteiger partial charge on any atom is -0.338 e. The highest BCUT2D eigenvalue weighted by Gasteiger charge is 2.39. The molecule has 1 aliphatic carbocycles. The van der Waals surface area contributed by atoms with E-state index >= 15 is 0 Å². The van der Waals surface area contributed by atoms with Crippen molar-refractivity contribution < 1.29 is 0 Å². The lowest BCUT2D eigenvalue weighted by molar-refractivity contribution is 0.447. The van der Waals surface area contributed by atoms with Gasteiger partial charge in [0.15, 0.2) is 0 Å². The van der Waals surface area contributed by atoms with Gasteiger partial charge in [-0.25, -0.2) is 0 Å². The number of nitrogens with zero attached hydrogens (tertiary/aromatic N) is 2. The highest BCUT2D eigenvalue weighted by Crippen LogP contribution is 2.52. The van der Waals surface area contributed by atoms with Crippen molar-refractivity contribution in [3.05, 3.63) is 167 Å². The fourth-order valence-corrected chi connectivity index (χ4v) is 10.7. The quantitative estimate of drug-likeness (QED) is 0.132. The van der Waals surface area contributed by atoms with Crippen molar-refractivity contribution in [2.24, 2.45) is 0 Å². The van der Waals surface area contributed by atoms with Gasteiger partial charge in [-0.1, -0.05) is 129 Å². The first kappa shape index (κ1) is 33.5. The summed E-state index contributed by atoms with van der Waals surface area (Å²) in [7, 11) is 0. The van der Waals surface area contributed by atoms with E-state index in [9.17, 15) is 0 Å². The van der Waals surface area contributed by atoms with Crippen molar-refractivity contribution >= 4 is 67.2 Å². The lowest BCUT2D eigenvalue weighted by atomic mass is 9.81. The topological polar surface area (TPSA) is 6.48 Å². The molecule has 1 unspecified atom stereocenters. The van der Waals surface area contributed by atoms with E-state index in [1.807, 2.05) is 0 Å². The van der Waals surface area contributed by atoms with Crippen LogP contribution in [0.15, 0.2) is 133 Å². The van der Waals surface area contributed by atoms with Gasteiger partial charge in [0.25, 0.3) is 0 Å². The second-order valence-electron chi connectivity index (χ2n) is 17.8. The molecule has 0 N–H and O–H groups in total. The maximum absolute atomic E-state index is 2.59. The molecule has 0 bridgehead atoms. The molecule has 0 amide bonds. The van der Waals surface area contributed by atoms with Crippen molar-refractivity contribution in [3.63, 3.8) is 0 Å². The van der Waals surface area contributed by atoms with Crippen LogP contribution < -0.4 is 9.80 Å². The molecule has 0 saturated carbocycles. The minimum absolute atomic E-state index is 0.0434. The fraction of sp³-hybridized carbons (Fsp3) is 0.222. The van der Waals surface area contributed by atoms with Gasteiger partial charge in [0.1, 0.15) is 0 Å². The molecule has 274 valence electrons. The molecule has 0 spiro atoms. The average molecular weight is 725 g/mol. The van der Waals surface area contributed by atoms with Crippen LogP contribution >= 0.6 is 0 Å². The van der Waals surface area contributed by atoms with Crippen LogP contribution in [0.2, 0.25) is 0 Å². The Kier molecular flexibility index (Phi) is 7.21. The van der Waals surface area contributed by atoms with Gasteiger partial charge in [-0.3, -0.25) is 0 Å².